The van der Waals surface area contributed by atoms with Gasteiger partial charge in [-0.1, -0.05) is 43.3 Å². The third-order valence-corrected chi connectivity index (χ3v) is 3.55. The molecular weight excluding hydrogens is 336 g/mol. The molecule has 0 amide bonds. The zero-order valence-electron chi connectivity index (χ0n) is 14.6. The fraction of sp³-hybridized carbons (Fsp3) is 0.200. The minimum atomic E-state index is -1.12. The molecule has 0 saturated heterocycles. The molecule has 2 N–H and O–H groups in total. The van der Waals surface area contributed by atoms with Gasteiger partial charge in [-0.2, -0.15) is 0 Å². The zero-order valence-corrected chi connectivity index (χ0v) is 14.6. The van der Waals surface area contributed by atoms with E-state index in [1.54, 1.807) is 13.8 Å². The molecule has 2 rings (SSSR count). The predicted molar refractivity (Wildman–Crippen MR) is 95.5 cm³/mol. The molecule has 0 aliphatic heterocycles. The Hall–Kier alpha value is -3.28. The summed E-state index contributed by atoms with van der Waals surface area (Å²) in [6.07, 6.45) is 0.527. The molecule has 0 radical (unpaired) electrons. The second-order valence-electron chi connectivity index (χ2n) is 5.50. The van der Waals surface area contributed by atoms with E-state index < -0.39 is 11.9 Å². The number of hydrogen-bond acceptors (Lipinski definition) is 4. The minimum Gasteiger partial charge on any atom is -0.478 e. The molecule has 0 aliphatic rings. The van der Waals surface area contributed by atoms with E-state index in [9.17, 15) is 19.2 Å². The van der Waals surface area contributed by atoms with Crippen molar-refractivity contribution in [1.82, 2.24) is 0 Å². The lowest BCUT2D eigenvalue weighted by molar-refractivity contribution is -0.136. The van der Waals surface area contributed by atoms with Crippen LogP contribution in [0.3, 0.4) is 0 Å². The first-order valence-corrected chi connectivity index (χ1v) is 7.93. The van der Waals surface area contributed by atoms with Gasteiger partial charge in [0.1, 0.15) is 0 Å². The van der Waals surface area contributed by atoms with Gasteiger partial charge in [-0.25, -0.2) is 9.59 Å². The number of carboxylic acids is 2. The van der Waals surface area contributed by atoms with Crippen molar-refractivity contribution in [1.29, 1.82) is 0 Å². The van der Waals surface area contributed by atoms with E-state index in [0.717, 1.165) is 11.6 Å². The predicted octanol–water partition coefficient (Wildman–Crippen LogP) is 3.17. The Kier molecular flexibility index (Phi) is 7.89. The monoisotopic (exact) mass is 356 g/mol. The van der Waals surface area contributed by atoms with Gasteiger partial charge in [0.15, 0.2) is 5.78 Å². The molecule has 0 unspecified atom stereocenters. The summed E-state index contributed by atoms with van der Waals surface area (Å²) in [4.78, 5) is 43.3. The van der Waals surface area contributed by atoms with Gasteiger partial charge >= 0.3 is 11.9 Å². The lowest BCUT2D eigenvalue weighted by atomic mass is 10.1. The zero-order chi connectivity index (χ0) is 19.7. The third-order valence-electron chi connectivity index (χ3n) is 3.55. The third kappa shape index (κ3) is 6.32. The van der Waals surface area contributed by atoms with Crippen LogP contribution in [-0.4, -0.2) is 33.7 Å². The first-order valence-electron chi connectivity index (χ1n) is 7.93. The molecule has 2 aromatic carbocycles. The number of Topliss-reactive ketones (excluding diaryl/α,β-unsaturated/α-hetero) is 2. The summed E-state index contributed by atoms with van der Waals surface area (Å²) in [5.41, 5.74) is 1.47. The van der Waals surface area contributed by atoms with Gasteiger partial charge in [-0.15, -0.1) is 0 Å². The molecule has 136 valence electrons. The standard InChI is InChI=1S/C11H12O2.C9H8O4/c1-2-10(12)11(13)8-9-6-4-3-5-7-9;1-5-2-3-6(8(10)11)4-7(5)9(12)13/h3-7H,2,8H2,1H3;2-4H,1H3,(H,10,11)(H,12,13). The van der Waals surface area contributed by atoms with E-state index in [2.05, 4.69) is 0 Å². The molecule has 26 heavy (non-hydrogen) atoms. The Morgan fingerprint density at radius 3 is 1.96 bits per heavy atom. The summed E-state index contributed by atoms with van der Waals surface area (Å²) in [7, 11) is 0. The molecule has 0 aromatic heterocycles. The highest BCUT2D eigenvalue weighted by Gasteiger charge is 2.11. The highest BCUT2D eigenvalue weighted by atomic mass is 16.4. The first-order chi connectivity index (χ1) is 12.3. The van der Waals surface area contributed by atoms with Crippen LogP contribution < -0.4 is 0 Å². The van der Waals surface area contributed by atoms with Crippen LogP contribution in [0, 0.1) is 6.92 Å². The Balaban J connectivity index is 0.000000260. The lowest BCUT2D eigenvalue weighted by Crippen LogP contribution is -2.14. The molecule has 0 atom stereocenters. The number of aryl methyl sites for hydroxylation is 1. The van der Waals surface area contributed by atoms with Gasteiger partial charge in [-0.3, -0.25) is 9.59 Å². The number of carbonyl (C=O) groups excluding carboxylic acids is 2. The normalized spacial score (nSPS) is 9.62. The van der Waals surface area contributed by atoms with Gasteiger partial charge in [0.2, 0.25) is 5.78 Å². The summed E-state index contributed by atoms with van der Waals surface area (Å²) < 4.78 is 0. The van der Waals surface area contributed by atoms with Crippen LogP contribution in [0.15, 0.2) is 48.5 Å². The van der Waals surface area contributed by atoms with Gasteiger partial charge in [0, 0.05) is 12.8 Å². The molecule has 0 aliphatic carbocycles. The van der Waals surface area contributed by atoms with E-state index in [1.165, 1.54) is 12.1 Å². The number of ketones is 2. The molecule has 0 bridgehead atoms. The lowest BCUT2D eigenvalue weighted by Gasteiger charge is -2.01. The topological polar surface area (TPSA) is 109 Å². The Bertz CT molecular complexity index is 808. The number of rotatable bonds is 6. The second kappa shape index (κ2) is 9.88. The van der Waals surface area contributed by atoms with Crippen molar-refractivity contribution in [3.8, 4) is 0 Å². The van der Waals surface area contributed by atoms with Crippen LogP contribution in [0.4, 0.5) is 0 Å². The fourth-order valence-corrected chi connectivity index (χ4v) is 2.06. The van der Waals surface area contributed by atoms with E-state index in [1.807, 2.05) is 30.3 Å². The Labute approximate surface area is 151 Å². The molecule has 2 aromatic rings. The largest absolute Gasteiger partial charge is 0.478 e. The molecule has 0 fully saturated rings. The number of benzene rings is 2. The van der Waals surface area contributed by atoms with E-state index in [4.69, 9.17) is 10.2 Å². The average molecular weight is 356 g/mol. The van der Waals surface area contributed by atoms with Crippen LogP contribution >= 0.6 is 0 Å². The number of carbonyl (C=O) groups is 4. The van der Waals surface area contributed by atoms with Crippen molar-refractivity contribution < 1.29 is 29.4 Å². The molecular formula is C20H20O6. The summed E-state index contributed by atoms with van der Waals surface area (Å²) in [6, 6.07) is 13.3. The average Bonchev–Trinajstić information content (AvgIpc) is 2.62. The maximum absolute atomic E-state index is 11.2. The first kappa shape index (κ1) is 20.8. The SMILES string of the molecule is CCC(=O)C(=O)Cc1ccccc1.Cc1ccc(C(=O)O)cc1C(=O)O. The number of aromatic carboxylic acids is 2. The van der Waals surface area contributed by atoms with Gasteiger partial charge in [0.25, 0.3) is 0 Å². The molecule has 0 heterocycles. The maximum Gasteiger partial charge on any atom is 0.335 e. The van der Waals surface area contributed by atoms with Gasteiger partial charge < -0.3 is 10.2 Å². The van der Waals surface area contributed by atoms with Crippen LogP contribution in [0.5, 0.6) is 0 Å². The molecule has 6 heteroatoms. The van der Waals surface area contributed by atoms with Gasteiger partial charge in [-0.05, 0) is 30.2 Å². The van der Waals surface area contributed by atoms with Crippen LogP contribution in [0.25, 0.3) is 0 Å². The van der Waals surface area contributed by atoms with Crippen molar-refractivity contribution in [2.75, 3.05) is 0 Å². The Morgan fingerprint density at radius 2 is 1.46 bits per heavy atom. The quantitative estimate of drug-likeness (QED) is 0.770. The summed E-state index contributed by atoms with van der Waals surface area (Å²) in [5, 5.41) is 17.3. The van der Waals surface area contributed by atoms with Crippen molar-refractivity contribution in [3.63, 3.8) is 0 Å². The van der Waals surface area contributed by atoms with Crippen molar-refractivity contribution >= 4 is 23.5 Å². The molecule has 6 nitrogen and oxygen atoms in total. The number of hydrogen-bond donors (Lipinski definition) is 2. The summed E-state index contributed by atoms with van der Waals surface area (Å²) >= 11 is 0. The van der Waals surface area contributed by atoms with Crippen molar-refractivity contribution in [2.45, 2.75) is 26.7 Å². The summed E-state index contributed by atoms with van der Waals surface area (Å²) in [6.45, 7) is 3.32. The molecule has 0 saturated carbocycles. The number of carboxylic acid groups (broad SMARTS) is 2. The van der Waals surface area contributed by atoms with E-state index in [0.29, 0.717) is 12.0 Å². The fourth-order valence-electron chi connectivity index (χ4n) is 2.06. The summed E-state index contributed by atoms with van der Waals surface area (Å²) in [5.74, 6) is -2.82. The second-order valence-corrected chi connectivity index (χ2v) is 5.50. The van der Waals surface area contributed by atoms with Crippen LogP contribution in [-0.2, 0) is 16.0 Å². The Morgan fingerprint density at radius 1 is 0.846 bits per heavy atom. The van der Waals surface area contributed by atoms with Crippen molar-refractivity contribution in [3.05, 3.63) is 70.8 Å². The highest BCUT2D eigenvalue weighted by Crippen LogP contribution is 2.11. The highest BCUT2D eigenvalue weighted by molar-refractivity contribution is 6.37. The van der Waals surface area contributed by atoms with Gasteiger partial charge in [0.05, 0.1) is 11.1 Å². The minimum absolute atomic E-state index is 0.0111. The maximum atomic E-state index is 11.2. The molecule has 0 spiro atoms. The van der Waals surface area contributed by atoms with E-state index in [-0.39, 0.29) is 29.1 Å². The smallest absolute Gasteiger partial charge is 0.335 e. The van der Waals surface area contributed by atoms with Crippen LogP contribution in [0.2, 0.25) is 0 Å². The van der Waals surface area contributed by atoms with E-state index >= 15 is 0 Å². The van der Waals surface area contributed by atoms with Crippen molar-refractivity contribution in [2.24, 2.45) is 0 Å². The van der Waals surface area contributed by atoms with Crippen LogP contribution in [0.1, 0.15) is 45.2 Å².